The van der Waals surface area contributed by atoms with E-state index in [0.717, 1.165) is 18.4 Å². The highest BCUT2D eigenvalue weighted by Gasteiger charge is 2.30. The molecule has 3 rings (SSSR count). The highest BCUT2D eigenvalue weighted by molar-refractivity contribution is 5.83. The molecule has 0 fully saturated rings. The summed E-state index contributed by atoms with van der Waals surface area (Å²) in [6, 6.07) is 17.4. The first kappa shape index (κ1) is 13.8. The fraction of sp³-hybridized carbons (Fsp3) is 0.278. The van der Waals surface area contributed by atoms with Gasteiger partial charge >= 0.3 is 0 Å². The number of nitrogens with two attached hydrogens (primary N) is 1. The molecular formula is C18H20N2O. The van der Waals surface area contributed by atoms with Gasteiger partial charge in [-0.15, -0.1) is 0 Å². The summed E-state index contributed by atoms with van der Waals surface area (Å²) in [4.78, 5) is 14.5. The number of carbonyl (C=O) groups excluding carboxylic acids is 1. The topological polar surface area (TPSA) is 46.3 Å². The SMILES string of the molecule is CN(C(=O)[C@@H](N)c1ccccc1)C1CCc2ccccc21. The zero-order valence-electron chi connectivity index (χ0n) is 12.2. The number of amides is 1. The molecule has 0 bridgehead atoms. The van der Waals surface area contributed by atoms with Gasteiger partial charge < -0.3 is 10.6 Å². The van der Waals surface area contributed by atoms with Gasteiger partial charge in [-0.3, -0.25) is 4.79 Å². The van der Waals surface area contributed by atoms with Gasteiger partial charge in [0.2, 0.25) is 5.91 Å². The lowest BCUT2D eigenvalue weighted by Gasteiger charge is -2.28. The van der Waals surface area contributed by atoms with E-state index in [4.69, 9.17) is 5.73 Å². The molecule has 2 atom stereocenters. The van der Waals surface area contributed by atoms with Crippen molar-refractivity contribution < 1.29 is 4.79 Å². The third-order valence-corrected chi connectivity index (χ3v) is 4.34. The molecule has 0 heterocycles. The van der Waals surface area contributed by atoms with Crippen LogP contribution in [0.1, 0.15) is 35.2 Å². The molecule has 2 N–H and O–H groups in total. The number of rotatable bonds is 3. The van der Waals surface area contributed by atoms with Gasteiger partial charge in [0, 0.05) is 7.05 Å². The maximum Gasteiger partial charge on any atom is 0.244 e. The second-order valence-corrected chi connectivity index (χ2v) is 5.59. The molecule has 2 aromatic rings. The molecule has 1 aliphatic carbocycles. The van der Waals surface area contributed by atoms with E-state index in [9.17, 15) is 4.79 Å². The van der Waals surface area contributed by atoms with Gasteiger partial charge in [0.25, 0.3) is 0 Å². The quantitative estimate of drug-likeness (QED) is 0.939. The van der Waals surface area contributed by atoms with Crippen molar-refractivity contribution in [2.75, 3.05) is 7.05 Å². The highest BCUT2D eigenvalue weighted by Crippen LogP contribution is 2.35. The first-order valence-corrected chi connectivity index (χ1v) is 7.33. The van der Waals surface area contributed by atoms with E-state index in [1.165, 1.54) is 11.1 Å². The van der Waals surface area contributed by atoms with Crippen LogP contribution in [-0.2, 0) is 11.2 Å². The predicted octanol–water partition coefficient (Wildman–Crippen LogP) is 2.83. The van der Waals surface area contributed by atoms with Gasteiger partial charge in [0.15, 0.2) is 0 Å². The molecule has 0 saturated heterocycles. The number of hydrogen-bond donors (Lipinski definition) is 1. The molecule has 0 radical (unpaired) electrons. The molecule has 0 spiro atoms. The third-order valence-electron chi connectivity index (χ3n) is 4.34. The second kappa shape index (κ2) is 5.70. The Morgan fingerprint density at radius 3 is 2.57 bits per heavy atom. The van der Waals surface area contributed by atoms with Crippen molar-refractivity contribution in [3.05, 3.63) is 71.3 Å². The van der Waals surface area contributed by atoms with E-state index in [2.05, 4.69) is 18.2 Å². The van der Waals surface area contributed by atoms with Crippen molar-refractivity contribution in [1.82, 2.24) is 4.90 Å². The summed E-state index contributed by atoms with van der Waals surface area (Å²) in [7, 11) is 1.86. The summed E-state index contributed by atoms with van der Waals surface area (Å²) in [6.45, 7) is 0. The molecule has 3 nitrogen and oxygen atoms in total. The molecular weight excluding hydrogens is 260 g/mol. The monoisotopic (exact) mass is 280 g/mol. The lowest BCUT2D eigenvalue weighted by atomic mass is 10.0. The fourth-order valence-corrected chi connectivity index (χ4v) is 3.11. The van der Waals surface area contributed by atoms with E-state index >= 15 is 0 Å². The van der Waals surface area contributed by atoms with Crippen LogP contribution in [0.5, 0.6) is 0 Å². The lowest BCUT2D eigenvalue weighted by molar-refractivity contribution is -0.133. The van der Waals surface area contributed by atoms with E-state index in [0.29, 0.717) is 0 Å². The maximum atomic E-state index is 12.6. The average Bonchev–Trinajstić information content (AvgIpc) is 2.97. The van der Waals surface area contributed by atoms with Gasteiger partial charge in [-0.25, -0.2) is 0 Å². The third kappa shape index (κ3) is 2.57. The van der Waals surface area contributed by atoms with Crippen LogP contribution in [0.4, 0.5) is 0 Å². The lowest BCUT2D eigenvalue weighted by Crippen LogP contribution is -2.37. The number of likely N-dealkylation sites (N-methyl/N-ethyl adjacent to an activating group) is 1. The Bertz CT molecular complexity index is 639. The Morgan fingerprint density at radius 2 is 1.81 bits per heavy atom. The molecule has 108 valence electrons. The number of hydrogen-bond acceptors (Lipinski definition) is 2. The number of benzene rings is 2. The first-order chi connectivity index (χ1) is 10.2. The van der Waals surface area contributed by atoms with Crippen LogP contribution in [0.2, 0.25) is 0 Å². The average molecular weight is 280 g/mol. The molecule has 2 aromatic carbocycles. The number of fused-ring (bicyclic) bond motifs is 1. The van der Waals surface area contributed by atoms with Gasteiger partial charge in [-0.05, 0) is 29.5 Å². The summed E-state index contributed by atoms with van der Waals surface area (Å²) >= 11 is 0. The van der Waals surface area contributed by atoms with Crippen molar-refractivity contribution in [2.45, 2.75) is 24.9 Å². The van der Waals surface area contributed by atoms with Gasteiger partial charge in [0.05, 0.1) is 6.04 Å². The van der Waals surface area contributed by atoms with E-state index in [1.54, 1.807) is 0 Å². The van der Waals surface area contributed by atoms with Crippen LogP contribution in [0.25, 0.3) is 0 Å². The van der Waals surface area contributed by atoms with E-state index in [-0.39, 0.29) is 11.9 Å². The van der Waals surface area contributed by atoms with Crippen molar-refractivity contribution in [3.63, 3.8) is 0 Å². The Hall–Kier alpha value is -2.13. The Labute approximate surface area is 125 Å². The molecule has 0 aliphatic heterocycles. The van der Waals surface area contributed by atoms with Crippen LogP contribution >= 0.6 is 0 Å². The minimum Gasteiger partial charge on any atom is -0.337 e. The summed E-state index contributed by atoms with van der Waals surface area (Å²) in [6.07, 6.45) is 2.00. The molecule has 3 heteroatoms. The van der Waals surface area contributed by atoms with Crippen LogP contribution < -0.4 is 5.73 Å². The Kier molecular flexibility index (Phi) is 3.76. The van der Waals surface area contributed by atoms with E-state index in [1.807, 2.05) is 48.3 Å². The zero-order chi connectivity index (χ0) is 14.8. The Morgan fingerprint density at radius 1 is 1.14 bits per heavy atom. The summed E-state index contributed by atoms with van der Waals surface area (Å²) in [5.41, 5.74) is 9.60. The normalized spacial score (nSPS) is 18.1. The highest BCUT2D eigenvalue weighted by atomic mass is 16.2. The molecule has 1 unspecified atom stereocenters. The van der Waals surface area contributed by atoms with Crippen molar-refractivity contribution in [2.24, 2.45) is 5.73 Å². The molecule has 21 heavy (non-hydrogen) atoms. The minimum absolute atomic E-state index is 0.0251. The number of nitrogens with zero attached hydrogens (tertiary/aromatic N) is 1. The molecule has 0 saturated carbocycles. The van der Waals surface area contributed by atoms with Crippen LogP contribution in [0, 0.1) is 0 Å². The summed E-state index contributed by atoms with van der Waals surface area (Å²) in [5.74, 6) is -0.0251. The molecule has 1 amide bonds. The van der Waals surface area contributed by atoms with Gasteiger partial charge in [0.1, 0.15) is 6.04 Å². The fourth-order valence-electron chi connectivity index (χ4n) is 3.11. The summed E-state index contributed by atoms with van der Waals surface area (Å²) in [5, 5.41) is 0. The Balaban J connectivity index is 1.80. The van der Waals surface area contributed by atoms with E-state index < -0.39 is 6.04 Å². The van der Waals surface area contributed by atoms with Gasteiger partial charge in [-0.2, -0.15) is 0 Å². The molecule has 1 aliphatic rings. The van der Waals surface area contributed by atoms with Crippen LogP contribution in [-0.4, -0.2) is 17.9 Å². The summed E-state index contributed by atoms with van der Waals surface area (Å²) < 4.78 is 0. The number of aryl methyl sites for hydroxylation is 1. The second-order valence-electron chi connectivity index (χ2n) is 5.59. The first-order valence-electron chi connectivity index (χ1n) is 7.33. The minimum atomic E-state index is -0.594. The van der Waals surface area contributed by atoms with Crippen molar-refractivity contribution in [3.8, 4) is 0 Å². The van der Waals surface area contributed by atoms with Crippen LogP contribution in [0.3, 0.4) is 0 Å². The van der Waals surface area contributed by atoms with Gasteiger partial charge in [-0.1, -0.05) is 54.6 Å². The van der Waals surface area contributed by atoms with Crippen LogP contribution in [0.15, 0.2) is 54.6 Å². The van der Waals surface area contributed by atoms with Crippen molar-refractivity contribution in [1.29, 1.82) is 0 Å². The largest absolute Gasteiger partial charge is 0.337 e. The predicted molar refractivity (Wildman–Crippen MR) is 83.6 cm³/mol. The smallest absolute Gasteiger partial charge is 0.244 e. The van der Waals surface area contributed by atoms with Crippen molar-refractivity contribution >= 4 is 5.91 Å². The maximum absolute atomic E-state index is 12.6. The number of carbonyl (C=O) groups is 1. The zero-order valence-corrected chi connectivity index (χ0v) is 12.2. The standard InChI is InChI=1S/C18H20N2O/c1-20(16-12-11-13-7-5-6-10-15(13)16)18(21)17(19)14-8-3-2-4-9-14/h2-10,16-17H,11-12,19H2,1H3/t16?,17-/m0/s1. The molecule has 0 aromatic heterocycles.